The Labute approximate surface area is 260 Å². The molecule has 8 nitrogen and oxygen atoms in total. The zero-order chi connectivity index (χ0) is 30.9. The molecule has 1 aromatic rings. The fourth-order valence-corrected chi connectivity index (χ4v) is 9.75. The van der Waals surface area contributed by atoms with Gasteiger partial charge in [-0.2, -0.15) is 0 Å². The van der Waals surface area contributed by atoms with Crippen LogP contribution in [0.4, 0.5) is 11.4 Å². The van der Waals surface area contributed by atoms with Gasteiger partial charge in [-0.3, -0.25) is 14.4 Å². The van der Waals surface area contributed by atoms with E-state index >= 15 is 0 Å². The van der Waals surface area contributed by atoms with Crippen molar-refractivity contribution in [1.29, 1.82) is 0 Å². The largest absolute Gasteiger partial charge is 0.465 e. The Kier molecular flexibility index (Phi) is 9.33. The monoisotopic (exact) mass is 609 g/mol. The van der Waals surface area contributed by atoms with E-state index in [2.05, 4.69) is 30.9 Å². The molecule has 234 valence electrons. The summed E-state index contributed by atoms with van der Waals surface area (Å²) >= 11 is 1.55. The van der Waals surface area contributed by atoms with Crippen molar-refractivity contribution in [2.24, 2.45) is 17.8 Å². The Morgan fingerprint density at radius 3 is 2.40 bits per heavy atom. The minimum Gasteiger partial charge on any atom is -0.465 e. The molecule has 1 spiro atoms. The van der Waals surface area contributed by atoms with Crippen molar-refractivity contribution in [2.45, 2.75) is 81.9 Å². The van der Waals surface area contributed by atoms with Gasteiger partial charge in [0.2, 0.25) is 5.91 Å². The normalized spacial score (nSPS) is 32.2. The standard InChI is InChI=1S/C34H47N3O5S/c1-6-35(7-2)24-13-15-25(16-14-24)36-19-12-18-34-27(28-32(41)42-20-11-9-8-10-17-33(28,5)43-34)30(39)37(29(34)31(36)40)26(22-38)21-23(3)4/h10,12-18,23,26-29,38H,6-9,11,19-22H2,1-5H3/b17-10-/t26-,27+,28+,29?,33-,34+/m1/s1. The number of rotatable bonds is 8. The van der Waals surface area contributed by atoms with Gasteiger partial charge in [-0.25, -0.2) is 0 Å². The fraction of sp³-hybridized carbons (Fsp3) is 0.618. The molecule has 0 aliphatic carbocycles. The van der Waals surface area contributed by atoms with Gasteiger partial charge in [0, 0.05) is 35.8 Å². The highest BCUT2D eigenvalue weighted by atomic mass is 32.2. The van der Waals surface area contributed by atoms with Crippen molar-refractivity contribution in [3.8, 4) is 0 Å². The summed E-state index contributed by atoms with van der Waals surface area (Å²) < 4.78 is 4.08. The highest BCUT2D eigenvalue weighted by Gasteiger charge is 2.74. The first-order chi connectivity index (χ1) is 20.6. The number of fused-ring (bicyclic) bond motifs is 2. The number of ether oxygens (including phenoxy) is 1. The van der Waals surface area contributed by atoms with E-state index in [1.807, 2.05) is 57.2 Å². The number of esters is 1. The Morgan fingerprint density at radius 1 is 1.02 bits per heavy atom. The molecule has 4 aliphatic rings. The van der Waals surface area contributed by atoms with Crippen molar-refractivity contribution in [3.63, 3.8) is 0 Å². The van der Waals surface area contributed by atoms with E-state index in [9.17, 15) is 19.5 Å². The molecule has 2 amide bonds. The number of amides is 2. The molecule has 2 saturated heterocycles. The fourth-order valence-electron chi connectivity index (χ4n) is 7.61. The summed E-state index contributed by atoms with van der Waals surface area (Å²) in [5, 5.41) is 10.6. The highest BCUT2D eigenvalue weighted by Crippen LogP contribution is 2.65. The molecule has 4 aliphatic heterocycles. The van der Waals surface area contributed by atoms with Crippen LogP contribution >= 0.6 is 11.8 Å². The predicted molar refractivity (Wildman–Crippen MR) is 172 cm³/mol. The Morgan fingerprint density at radius 2 is 1.74 bits per heavy atom. The number of likely N-dealkylation sites (tertiary alicyclic amines) is 1. The molecule has 43 heavy (non-hydrogen) atoms. The molecule has 0 radical (unpaired) electrons. The lowest BCUT2D eigenvalue weighted by molar-refractivity contribution is -0.154. The lowest BCUT2D eigenvalue weighted by Crippen LogP contribution is -2.57. The van der Waals surface area contributed by atoms with Crippen LogP contribution in [0.1, 0.15) is 60.3 Å². The summed E-state index contributed by atoms with van der Waals surface area (Å²) in [5.74, 6) is -2.14. The quantitative estimate of drug-likeness (QED) is 0.334. The zero-order valence-corrected chi connectivity index (χ0v) is 27.0. The number of carbonyl (C=O) groups is 3. The number of allylic oxidation sites excluding steroid dienone is 1. The number of aliphatic hydroxyl groups excluding tert-OH is 1. The van der Waals surface area contributed by atoms with Gasteiger partial charge >= 0.3 is 5.97 Å². The van der Waals surface area contributed by atoms with Crippen LogP contribution in [0.3, 0.4) is 0 Å². The van der Waals surface area contributed by atoms with E-state index in [-0.39, 0.29) is 30.3 Å². The summed E-state index contributed by atoms with van der Waals surface area (Å²) in [5.41, 5.74) is 1.85. The van der Waals surface area contributed by atoms with Gasteiger partial charge in [0.15, 0.2) is 0 Å². The van der Waals surface area contributed by atoms with Gasteiger partial charge in [0.25, 0.3) is 5.91 Å². The first-order valence-corrected chi connectivity index (χ1v) is 16.7. The molecule has 0 saturated carbocycles. The molecule has 4 heterocycles. The number of carbonyl (C=O) groups excluding carboxylic acids is 3. The summed E-state index contributed by atoms with van der Waals surface area (Å²) in [6, 6.07) is 6.60. The summed E-state index contributed by atoms with van der Waals surface area (Å²) in [7, 11) is 0. The number of aliphatic hydroxyl groups is 1. The number of hydrogen-bond acceptors (Lipinski definition) is 7. The lowest BCUT2D eigenvalue weighted by Gasteiger charge is -2.40. The molecule has 1 aromatic carbocycles. The van der Waals surface area contributed by atoms with E-state index < -0.39 is 33.4 Å². The Bertz CT molecular complexity index is 1260. The predicted octanol–water partition coefficient (Wildman–Crippen LogP) is 4.81. The van der Waals surface area contributed by atoms with Gasteiger partial charge < -0.3 is 24.5 Å². The average molecular weight is 610 g/mol. The van der Waals surface area contributed by atoms with Crippen LogP contribution in [-0.2, 0) is 19.1 Å². The second-order valence-electron chi connectivity index (χ2n) is 12.8. The number of thioether (sulfide) groups is 1. The minimum atomic E-state index is -0.981. The number of benzene rings is 1. The van der Waals surface area contributed by atoms with Crippen LogP contribution in [0.25, 0.3) is 0 Å². The number of cyclic esters (lactones) is 1. The van der Waals surface area contributed by atoms with Crippen molar-refractivity contribution in [2.75, 3.05) is 42.6 Å². The first-order valence-electron chi connectivity index (χ1n) is 15.9. The van der Waals surface area contributed by atoms with Gasteiger partial charge in [0.05, 0.1) is 35.8 Å². The smallest absolute Gasteiger partial charge is 0.311 e. The maximum Gasteiger partial charge on any atom is 0.311 e. The van der Waals surface area contributed by atoms with Crippen LogP contribution in [0.15, 0.2) is 48.6 Å². The summed E-state index contributed by atoms with van der Waals surface area (Å²) in [6.45, 7) is 12.5. The van der Waals surface area contributed by atoms with Crippen LogP contribution in [0, 0.1) is 17.8 Å². The van der Waals surface area contributed by atoms with E-state index in [0.717, 1.165) is 43.7 Å². The van der Waals surface area contributed by atoms with Gasteiger partial charge in [-0.1, -0.05) is 38.2 Å². The average Bonchev–Trinajstić information content (AvgIpc) is 3.32. The van der Waals surface area contributed by atoms with Crippen LogP contribution in [0.5, 0.6) is 0 Å². The van der Waals surface area contributed by atoms with E-state index in [1.54, 1.807) is 21.6 Å². The maximum atomic E-state index is 14.8. The third kappa shape index (κ3) is 5.52. The molecule has 1 N–H and O–H groups in total. The molecule has 2 fully saturated rings. The van der Waals surface area contributed by atoms with Crippen molar-refractivity contribution < 1.29 is 24.2 Å². The van der Waals surface area contributed by atoms with Crippen LogP contribution in [-0.4, -0.2) is 82.2 Å². The maximum absolute atomic E-state index is 14.8. The second kappa shape index (κ2) is 12.7. The highest BCUT2D eigenvalue weighted by molar-refractivity contribution is 8.02. The van der Waals surface area contributed by atoms with Gasteiger partial charge in [-0.15, -0.1) is 11.8 Å². The molecule has 6 atom stereocenters. The van der Waals surface area contributed by atoms with E-state index in [0.29, 0.717) is 19.6 Å². The number of anilines is 2. The summed E-state index contributed by atoms with van der Waals surface area (Å²) in [4.78, 5) is 48.9. The van der Waals surface area contributed by atoms with E-state index in [4.69, 9.17) is 4.74 Å². The topological polar surface area (TPSA) is 90.4 Å². The van der Waals surface area contributed by atoms with Crippen molar-refractivity contribution >= 4 is 40.9 Å². The Hall–Kier alpha value is -2.78. The Balaban J connectivity index is 1.62. The molecule has 5 rings (SSSR count). The minimum absolute atomic E-state index is 0.184. The molecular weight excluding hydrogens is 562 g/mol. The second-order valence-corrected chi connectivity index (χ2v) is 14.6. The zero-order valence-electron chi connectivity index (χ0n) is 26.2. The molecule has 0 bridgehead atoms. The molecule has 9 heteroatoms. The lowest BCUT2D eigenvalue weighted by atomic mass is 9.74. The third-order valence-corrected chi connectivity index (χ3v) is 11.4. The van der Waals surface area contributed by atoms with Crippen molar-refractivity contribution in [3.05, 3.63) is 48.6 Å². The van der Waals surface area contributed by atoms with Crippen LogP contribution < -0.4 is 9.80 Å². The molecular formula is C34H47N3O5S. The SMILES string of the molecule is CCN(CC)c1ccc(N2CC=C[C@]34S[C@]5(C)/C=C\CCCCOC(=O)[C@@H]5[C@H]3C(=O)N([C@@H](CO)CC(C)C)C4C2=O)cc1. The summed E-state index contributed by atoms with van der Waals surface area (Å²) in [6.07, 6.45) is 11.3. The number of nitrogens with zero attached hydrogens (tertiary/aromatic N) is 3. The van der Waals surface area contributed by atoms with E-state index in [1.165, 1.54) is 0 Å². The third-order valence-electron chi connectivity index (χ3n) is 9.58. The van der Waals surface area contributed by atoms with Gasteiger partial charge in [-0.05, 0) is 76.6 Å². The molecule has 1 unspecified atom stereocenters. The van der Waals surface area contributed by atoms with Crippen molar-refractivity contribution in [1.82, 2.24) is 4.90 Å². The van der Waals surface area contributed by atoms with Gasteiger partial charge in [0.1, 0.15) is 6.04 Å². The van der Waals surface area contributed by atoms with Crippen LogP contribution in [0.2, 0.25) is 0 Å². The number of hydrogen-bond donors (Lipinski definition) is 1. The molecule has 0 aromatic heterocycles. The first kappa shape index (κ1) is 31.6.